The Morgan fingerprint density at radius 1 is 1.50 bits per heavy atom. The van der Waals surface area contributed by atoms with Crippen molar-refractivity contribution in [2.45, 2.75) is 20.0 Å². The molecule has 0 aliphatic heterocycles. The van der Waals surface area contributed by atoms with E-state index in [4.69, 9.17) is 16.3 Å². The Bertz CT molecular complexity index is 350. The molecule has 2 nitrogen and oxygen atoms in total. The number of halogens is 2. The average Bonchev–Trinajstić information content (AvgIpc) is 2.08. The van der Waals surface area contributed by atoms with Crippen molar-refractivity contribution in [3.63, 3.8) is 0 Å². The summed E-state index contributed by atoms with van der Waals surface area (Å²) in [6, 6.07) is 3.77. The Morgan fingerprint density at radius 3 is 2.71 bits per heavy atom. The number of hydrogen-bond donors (Lipinski definition) is 0. The Balaban J connectivity index is 2.94. The molecule has 0 saturated heterocycles. The second-order valence-corrected chi connectivity index (χ2v) is 3.51. The van der Waals surface area contributed by atoms with Gasteiger partial charge in [0, 0.05) is 5.02 Å². The van der Waals surface area contributed by atoms with Crippen LogP contribution in [0.5, 0.6) is 0 Å². The first-order valence-electron chi connectivity index (χ1n) is 4.16. The molecule has 14 heavy (non-hydrogen) atoms. The molecule has 0 amide bonds. The number of carbonyl (C=O) groups excluding carboxylic acids is 1. The molecule has 0 radical (unpaired) electrons. The zero-order chi connectivity index (χ0) is 10.7. The van der Waals surface area contributed by atoms with Crippen LogP contribution < -0.4 is 0 Å². The van der Waals surface area contributed by atoms with Crippen molar-refractivity contribution in [3.05, 3.63) is 34.6 Å². The number of rotatable bonds is 2. The van der Waals surface area contributed by atoms with Crippen LogP contribution in [0.3, 0.4) is 0 Å². The third-order valence-corrected chi connectivity index (χ3v) is 1.73. The van der Waals surface area contributed by atoms with E-state index in [1.165, 1.54) is 12.1 Å². The summed E-state index contributed by atoms with van der Waals surface area (Å²) in [4.78, 5) is 11.3. The van der Waals surface area contributed by atoms with Crippen LogP contribution >= 0.6 is 11.6 Å². The predicted octanol–water partition coefficient (Wildman–Crippen LogP) is 3.04. The largest absolute Gasteiger partial charge is 0.459 e. The van der Waals surface area contributed by atoms with E-state index in [9.17, 15) is 9.18 Å². The lowest BCUT2D eigenvalue weighted by atomic mass is 10.2. The van der Waals surface area contributed by atoms with Gasteiger partial charge in [-0.1, -0.05) is 11.6 Å². The van der Waals surface area contributed by atoms with Crippen LogP contribution in [0.4, 0.5) is 4.39 Å². The first-order chi connectivity index (χ1) is 6.50. The molecule has 76 valence electrons. The standard InChI is InChI=1S/C10H10ClFO2/c1-6(2)14-10(13)8-5-7(11)3-4-9(8)12/h3-6H,1-2H3. The van der Waals surface area contributed by atoms with Gasteiger partial charge in [0.1, 0.15) is 5.82 Å². The molecule has 4 heteroatoms. The molecule has 0 unspecified atom stereocenters. The minimum absolute atomic E-state index is 0.133. The molecule has 0 fully saturated rings. The highest BCUT2D eigenvalue weighted by molar-refractivity contribution is 6.30. The van der Waals surface area contributed by atoms with Gasteiger partial charge in [0.05, 0.1) is 11.7 Å². The first-order valence-corrected chi connectivity index (χ1v) is 4.54. The molecule has 0 aliphatic carbocycles. The summed E-state index contributed by atoms with van der Waals surface area (Å²) in [6.07, 6.45) is -0.277. The van der Waals surface area contributed by atoms with Gasteiger partial charge in [-0.15, -0.1) is 0 Å². The van der Waals surface area contributed by atoms with Crippen molar-refractivity contribution in [2.24, 2.45) is 0 Å². The molecular weight excluding hydrogens is 207 g/mol. The zero-order valence-corrected chi connectivity index (χ0v) is 8.64. The van der Waals surface area contributed by atoms with E-state index in [0.29, 0.717) is 5.02 Å². The Labute approximate surface area is 86.6 Å². The maximum Gasteiger partial charge on any atom is 0.341 e. The van der Waals surface area contributed by atoms with Crippen LogP contribution in [-0.2, 0) is 4.74 Å². The number of ether oxygens (including phenoxy) is 1. The number of benzene rings is 1. The van der Waals surface area contributed by atoms with Crippen molar-refractivity contribution in [1.29, 1.82) is 0 Å². The van der Waals surface area contributed by atoms with Gasteiger partial charge in [-0.25, -0.2) is 9.18 Å². The highest BCUT2D eigenvalue weighted by atomic mass is 35.5. The predicted molar refractivity (Wildman–Crippen MR) is 52.0 cm³/mol. The highest BCUT2D eigenvalue weighted by Gasteiger charge is 2.14. The summed E-state index contributed by atoms with van der Waals surface area (Å²) in [5, 5.41) is 0.308. The minimum Gasteiger partial charge on any atom is -0.459 e. The van der Waals surface area contributed by atoms with E-state index in [-0.39, 0.29) is 11.7 Å². The molecule has 0 atom stereocenters. The molecule has 0 spiro atoms. The van der Waals surface area contributed by atoms with E-state index < -0.39 is 11.8 Å². The summed E-state index contributed by atoms with van der Waals surface area (Å²) in [5.74, 6) is -1.32. The van der Waals surface area contributed by atoms with Gasteiger partial charge in [-0.05, 0) is 32.0 Å². The molecule has 0 aliphatic rings. The Kier molecular flexibility index (Phi) is 3.47. The van der Waals surface area contributed by atoms with Gasteiger partial charge in [-0.2, -0.15) is 0 Å². The van der Waals surface area contributed by atoms with E-state index >= 15 is 0 Å². The molecular formula is C10H10ClFO2. The fourth-order valence-corrected chi connectivity index (χ4v) is 1.10. The quantitative estimate of drug-likeness (QED) is 0.711. The average molecular weight is 217 g/mol. The van der Waals surface area contributed by atoms with E-state index in [0.717, 1.165) is 6.07 Å². The van der Waals surface area contributed by atoms with Crippen molar-refractivity contribution >= 4 is 17.6 Å². The van der Waals surface area contributed by atoms with E-state index in [1.807, 2.05) is 0 Å². The summed E-state index contributed by atoms with van der Waals surface area (Å²) in [7, 11) is 0. The lowest BCUT2D eigenvalue weighted by Gasteiger charge is -2.08. The van der Waals surface area contributed by atoms with Gasteiger partial charge in [-0.3, -0.25) is 0 Å². The Morgan fingerprint density at radius 2 is 2.14 bits per heavy atom. The number of esters is 1. The molecule has 0 bridgehead atoms. The van der Waals surface area contributed by atoms with Crippen molar-refractivity contribution in [3.8, 4) is 0 Å². The third kappa shape index (κ3) is 2.70. The molecule has 0 aromatic heterocycles. The SMILES string of the molecule is CC(C)OC(=O)c1cc(Cl)ccc1F. The second-order valence-electron chi connectivity index (χ2n) is 3.08. The summed E-state index contributed by atoms with van der Waals surface area (Å²) in [5.41, 5.74) is -0.133. The number of hydrogen-bond acceptors (Lipinski definition) is 2. The maximum atomic E-state index is 13.1. The van der Waals surface area contributed by atoms with Crippen LogP contribution in [0.25, 0.3) is 0 Å². The van der Waals surface area contributed by atoms with Crippen LogP contribution in [0.1, 0.15) is 24.2 Å². The van der Waals surface area contributed by atoms with Crippen LogP contribution in [-0.4, -0.2) is 12.1 Å². The molecule has 1 rings (SSSR count). The van der Waals surface area contributed by atoms with E-state index in [1.54, 1.807) is 13.8 Å². The van der Waals surface area contributed by atoms with Crippen LogP contribution in [0.2, 0.25) is 5.02 Å². The van der Waals surface area contributed by atoms with Crippen LogP contribution in [0.15, 0.2) is 18.2 Å². The van der Waals surface area contributed by atoms with Crippen molar-refractivity contribution in [2.75, 3.05) is 0 Å². The molecule has 0 saturated carbocycles. The summed E-state index contributed by atoms with van der Waals surface area (Å²) < 4.78 is 17.9. The van der Waals surface area contributed by atoms with Crippen molar-refractivity contribution in [1.82, 2.24) is 0 Å². The third-order valence-electron chi connectivity index (χ3n) is 1.49. The minimum atomic E-state index is -0.694. The first kappa shape index (κ1) is 11.0. The Hall–Kier alpha value is -1.09. The molecule has 0 heterocycles. The van der Waals surface area contributed by atoms with Crippen LogP contribution in [0, 0.1) is 5.82 Å². The molecule has 1 aromatic carbocycles. The lowest BCUT2D eigenvalue weighted by molar-refractivity contribution is 0.0372. The fourth-order valence-electron chi connectivity index (χ4n) is 0.931. The highest BCUT2D eigenvalue weighted by Crippen LogP contribution is 2.16. The van der Waals surface area contributed by atoms with E-state index in [2.05, 4.69) is 0 Å². The zero-order valence-electron chi connectivity index (χ0n) is 7.88. The maximum absolute atomic E-state index is 13.1. The van der Waals surface area contributed by atoms with Crippen molar-refractivity contribution < 1.29 is 13.9 Å². The smallest absolute Gasteiger partial charge is 0.341 e. The number of carbonyl (C=O) groups is 1. The summed E-state index contributed by atoms with van der Waals surface area (Å²) in [6.45, 7) is 3.39. The van der Waals surface area contributed by atoms with Gasteiger partial charge >= 0.3 is 5.97 Å². The van der Waals surface area contributed by atoms with Gasteiger partial charge in [0.15, 0.2) is 0 Å². The van der Waals surface area contributed by atoms with Gasteiger partial charge < -0.3 is 4.74 Å². The second kappa shape index (κ2) is 4.42. The molecule has 1 aromatic rings. The normalized spacial score (nSPS) is 10.4. The molecule has 0 N–H and O–H groups in total. The van der Waals surface area contributed by atoms with Gasteiger partial charge in [0.25, 0.3) is 0 Å². The summed E-state index contributed by atoms with van der Waals surface area (Å²) >= 11 is 5.62. The topological polar surface area (TPSA) is 26.3 Å². The van der Waals surface area contributed by atoms with Gasteiger partial charge in [0.2, 0.25) is 0 Å². The fraction of sp³-hybridized carbons (Fsp3) is 0.300. The lowest BCUT2D eigenvalue weighted by Crippen LogP contribution is -2.13. The monoisotopic (exact) mass is 216 g/mol.